The van der Waals surface area contributed by atoms with Crippen molar-refractivity contribution in [3.8, 4) is 34.4 Å². The lowest BCUT2D eigenvalue weighted by Gasteiger charge is -2.07. The number of benzene rings is 1. The van der Waals surface area contributed by atoms with Gasteiger partial charge in [0.2, 0.25) is 0 Å². The van der Waals surface area contributed by atoms with Crippen LogP contribution in [-0.2, 0) is 0 Å². The Labute approximate surface area is 121 Å². The molecule has 21 heavy (non-hydrogen) atoms. The molecule has 0 spiro atoms. The van der Waals surface area contributed by atoms with Crippen LogP contribution in [-0.4, -0.2) is 34.4 Å². The van der Waals surface area contributed by atoms with Crippen molar-refractivity contribution in [1.82, 2.24) is 20.2 Å². The van der Waals surface area contributed by atoms with E-state index in [1.54, 1.807) is 20.4 Å². The van der Waals surface area contributed by atoms with Gasteiger partial charge in [-0.3, -0.25) is 10.1 Å². The minimum atomic E-state index is 0.580. The van der Waals surface area contributed by atoms with Crippen molar-refractivity contribution in [2.75, 3.05) is 14.2 Å². The normalized spacial score (nSPS) is 10.4. The molecule has 0 unspecified atom stereocenters. The number of rotatable bonds is 4. The fraction of sp³-hybridized carbons (Fsp3) is 0.133. The van der Waals surface area contributed by atoms with Crippen LogP contribution in [0.3, 0.4) is 0 Å². The smallest absolute Gasteiger partial charge is 0.181 e. The van der Waals surface area contributed by atoms with E-state index in [2.05, 4.69) is 20.2 Å². The summed E-state index contributed by atoms with van der Waals surface area (Å²) in [6.45, 7) is 0. The summed E-state index contributed by atoms with van der Waals surface area (Å²) in [6.07, 6.45) is 1.72. The number of pyridine rings is 1. The first-order valence-electron chi connectivity index (χ1n) is 6.38. The number of aromatic nitrogens is 4. The molecule has 0 saturated carbocycles. The lowest BCUT2D eigenvalue weighted by Crippen LogP contribution is -1.91. The molecule has 0 bridgehead atoms. The molecular formula is C15H14N4O2. The molecule has 0 aliphatic rings. The van der Waals surface area contributed by atoms with Crippen LogP contribution < -0.4 is 9.47 Å². The molecule has 0 atom stereocenters. The molecule has 2 heterocycles. The summed E-state index contributed by atoms with van der Waals surface area (Å²) >= 11 is 0. The van der Waals surface area contributed by atoms with Gasteiger partial charge in [0.05, 0.1) is 14.2 Å². The van der Waals surface area contributed by atoms with E-state index in [4.69, 9.17) is 9.47 Å². The molecule has 0 radical (unpaired) electrons. The maximum absolute atomic E-state index is 5.29. The molecule has 0 fully saturated rings. The lowest BCUT2D eigenvalue weighted by atomic mass is 10.2. The summed E-state index contributed by atoms with van der Waals surface area (Å²) in [5.41, 5.74) is 1.59. The van der Waals surface area contributed by atoms with E-state index >= 15 is 0 Å². The number of aromatic amines is 1. The van der Waals surface area contributed by atoms with Crippen molar-refractivity contribution in [3.05, 3.63) is 42.6 Å². The van der Waals surface area contributed by atoms with Gasteiger partial charge in [0, 0.05) is 11.8 Å². The maximum Gasteiger partial charge on any atom is 0.181 e. The van der Waals surface area contributed by atoms with Crippen LogP contribution in [0.5, 0.6) is 11.5 Å². The van der Waals surface area contributed by atoms with Gasteiger partial charge in [-0.25, -0.2) is 4.98 Å². The third kappa shape index (κ3) is 2.55. The second kappa shape index (κ2) is 5.62. The Morgan fingerprint density at radius 1 is 1.00 bits per heavy atom. The Morgan fingerprint density at radius 2 is 1.86 bits per heavy atom. The Hall–Kier alpha value is -2.89. The fourth-order valence-electron chi connectivity index (χ4n) is 1.98. The second-order valence-corrected chi connectivity index (χ2v) is 4.29. The zero-order valence-corrected chi connectivity index (χ0v) is 11.7. The highest BCUT2D eigenvalue weighted by molar-refractivity contribution is 5.63. The van der Waals surface area contributed by atoms with Crippen LogP contribution in [0.1, 0.15) is 0 Å². The van der Waals surface area contributed by atoms with Crippen LogP contribution in [0.15, 0.2) is 42.6 Å². The fourth-order valence-corrected chi connectivity index (χ4v) is 1.98. The summed E-state index contributed by atoms with van der Waals surface area (Å²) in [5, 5.41) is 7.11. The standard InChI is InChI=1S/C15H14N4O2/c1-20-12-7-6-10(9-13(12)21-2)14-17-15(19-18-14)11-5-3-4-8-16-11/h3-9H,1-2H3,(H,17,18,19). The predicted molar refractivity (Wildman–Crippen MR) is 78.2 cm³/mol. The average molecular weight is 282 g/mol. The molecular weight excluding hydrogens is 268 g/mol. The Kier molecular flexibility index (Phi) is 3.51. The van der Waals surface area contributed by atoms with Crippen molar-refractivity contribution in [1.29, 1.82) is 0 Å². The summed E-state index contributed by atoms with van der Waals surface area (Å²) in [7, 11) is 3.20. The number of hydrogen-bond acceptors (Lipinski definition) is 5. The minimum absolute atomic E-state index is 0.580. The number of nitrogens with one attached hydrogen (secondary N) is 1. The van der Waals surface area contributed by atoms with Crippen LogP contribution in [0.2, 0.25) is 0 Å². The summed E-state index contributed by atoms with van der Waals surface area (Å²) in [4.78, 5) is 8.69. The second-order valence-electron chi connectivity index (χ2n) is 4.29. The van der Waals surface area contributed by atoms with E-state index < -0.39 is 0 Å². The Morgan fingerprint density at radius 3 is 2.57 bits per heavy atom. The van der Waals surface area contributed by atoms with Gasteiger partial charge < -0.3 is 9.47 Å². The third-order valence-electron chi connectivity index (χ3n) is 3.03. The van der Waals surface area contributed by atoms with E-state index in [0.717, 1.165) is 11.3 Å². The zero-order chi connectivity index (χ0) is 14.7. The number of H-pyrrole nitrogens is 1. The van der Waals surface area contributed by atoms with Gasteiger partial charge in [0.1, 0.15) is 5.69 Å². The molecule has 6 heteroatoms. The van der Waals surface area contributed by atoms with Crippen molar-refractivity contribution >= 4 is 0 Å². The van der Waals surface area contributed by atoms with Crippen molar-refractivity contribution in [2.24, 2.45) is 0 Å². The molecule has 0 aliphatic carbocycles. The molecule has 0 amide bonds. The Bertz CT molecular complexity index is 740. The molecule has 6 nitrogen and oxygen atoms in total. The van der Waals surface area contributed by atoms with Gasteiger partial charge in [-0.1, -0.05) is 6.07 Å². The predicted octanol–water partition coefficient (Wildman–Crippen LogP) is 2.55. The first-order valence-corrected chi connectivity index (χ1v) is 6.38. The highest BCUT2D eigenvalue weighted by Crippen LogP contribution is 2.31. The molecule has 106 valence electrons. The average Bonchev–Trinajstić information content (AvgIpc) is 3.05. The van der Waals surface area contributed by atoms with Gasteiger partial charge >= 0.3 is 0 Å². The number of hydrogen-bond donors (Lipinski definition) is 1. The van der Waals surface area contributed by atoms with Crippen LogP contribution >= 0.6 is 0 Å². The van der Waals surface area contributed by atoms with Gasteiger partial charge in [-0.05, 0) is 30.3 Å². The quantitative estimate of drug-likeness (QED) is 0.796. The first-order chi connectivity index (χ1) is 10.3. The van der Waals surface area contributed by atoms with Crippen molar-refractivity contribution < 1.29 is 9.47 Å². The van der Waals surface area contributed by atoms with E-state index in [0.29, 0.717) is 23.1 Å². The number of methoxy groups -OCH3 is 2. The minimum Gasteiger partial charge on any atom is -0.493 e. The molecule has 0 aliphatic heterocycles. The molecule has 2 aromatic heterocycles. The van der Waals surface area contributed by atoms with E-state index in [9.17, 15) is 0 Å². The molecule has 1 N–H and O–H groups in total. The SMILES string of the molecule is COc1ccc(-c2n[nH]c(-c3ccccn3)n2)cc1OC. The van der Waals surface area contributed by atoms with Gasteiger partial charge in [0.25, 0.3) is 0 Å². The Balaban J connectivity index is 1.97. The van der Waals surface area contributed by atoms with Gasteiger partial charge in [-0.2, -0.15) is 5.10 Å². The van der Waals surface area contributed by atoms with Crippen LogP contribution in [0.4, 0.5) is 0 Å². The third-order valence-corrected chi connectivity index (χ3v) is 3.03. The number of nitrogens with zero attached hydrogens (tertiary/aromatic N) is 3. The monoisotopic (exact) mass is 282 g/mol. The maximum atomic E-state index is 5.29. The van der Waals surface area contributed by atoms with Crippen molar-refractivity contribution in [2.45, 2.75) is 0 Å². The lowest BCUT2D eigenvalue weighted by molar-refractivity contribution is 0.355. The molecule has 3 rings (SSSR count). The van der Waals surface area contributed by atoms with Gasteiger partial charge in [-0.15, -0.1) is 0 Å². The summed E-state index contributed by atoms with van der Waals surface area (Å²) in [5.74, 6) is 2.51. The highest BCUT2D eigenvalue weighted by Gasteiger charge is 2.11. The molecule has 0 saturated heterocycles. The summed E-state index contributed by atoms with van der Waals surface area (Å²) in [6, 6.07) is 11.2. The molecule has 3 aromatic rings. The van der Waals surface area contributed by atoms with E-state index in [1.807, 2.05) is 36.4 Å². The van der Waals surface area contributed by atoms with E-state index in [1.165, 1.54) is 0 Å². The van der Waals surface area contributed by atoms with Crippen molar-refractivity contribution in [3.63, 3.8) is 0 Å². The molecule has 1 aromatic carbocycles. The van der Waals surface area contributed by atoms with E-state index in [-0.39, 0.29) is 0 Å². The summed E-state index contributed by atoms with van der Waals surface area (Å²) < 4.78 is 10.5. The van der Waals surface area contributed by atoms with Crippen LogP contribution in [0, 0.1) is 0 Å². The van der Waals surface area contributed by atoms with Crippen LogP contribution in [0.25, 0.3) is 22.9 Å². The van der Waals surface area contributed by atoms with Gasteiger partial charge in [0.15, 0.2) is 23.1 Å². The zero-order valence-electron chi connectivity index (χ0n) is 11.7. The number of ether oxygens (including phenoxy) is 2. The first kappa shape index (κ1) is 13.1. The highest BCUT2D eigenvalue weighted by atomic mass is 16.5. The largest absolute Gasteiger partial charge is 0.493 e. The topological polar surface area (TPSA) is 72.9 Å².